The van der Waals surface area contributed by atoms with E-state index in [0.29, 0.717) is 22.2 Å². The first-order valence-corrected chi connectivity index (χ1v) is 9.74. The lowest BCUT2D eigenvalue weighted by molar-refractivity contribution is -0.125. The predicted molar refractivity (Wildman–Crippen MR) is 115 cm³/mol. The molecule has 2 N–H and O–H groups in total. The van der Waals surface area contributed by atoms with Crippen molar-refractivity contribution in [3.05, 3.63) is 77.8 Å². The van der Waals surface area contributed by atoms with Gasteiger partial charge < -0.3 is 20.1 Å². The number of carbonyl (C=O) groups excluding carboxylic acids is 2. The molecule has 152 valence electrons. The molecule has 0 aliphatic carbocycles. The average molecular weight is 423 g/mol. The molecule has 0 unspecified atom stereocenters. The Morgan fingerprint density at radius 2 is 1.77 bits per heavy atom. The van der Waals surface area contributed by atoms with Crippen molar-refractivity contribution < 1.29 is 19.1 Å². The van der Waals surface area contributed by atoms with Crippen molar-refractivity contribution in [1.29, 1.82) is 0 Å². The minimum atomic E-state index is -0.919. The zero-order valence-corrected chi connectivity index (χ0v) is 16.7. The van der Waals surface area contributed by atoms with Gasteiger partial charge in [0.2, 0.25) is 0 Å². The normalized spacial score (nSPS) is 15.1. The van der Waals surface area contributed by atoms with Crippen LogP contribution in [0.4, 0.5) is 5.69 Å². The number of amides is 2. The predicted octanol–water partition coefficient (Wildman–Crippen LogP) is 3.67. The number of fused-ring (bicyclic) bond motifs is 1. The number of nitrogens with two attached hydrogens (primary N) is 1. The number of para-hydroxylation sites is 2. The molecule has 1 aliphatic heterocycles. The number of benzene rings is 3. The lowest BCUT2D eigenvalue weighted by Crippen LogP contribution is -2.50. The van der Waals surface area contributed by atoms with Crippen LogP contribution in [0.2, 0.25) is 5.02 Å². The summed E-state index contributed by atoms with van der Waals surface area (Å²) in [6.45, 7) is -0.223. The first kappa shape index (κ1) is 19.8. The van der Waals surface area contributed by atoms with E-state index >= 15 is 0 Å². The standard InChI is InChI=1S/C23H19ClN2O4/c24-17-12-16(15-6-2-1-3-7-15)10-11-19(17)29-14-22(27)26-13-21(23(25)28)30-20-9-5-4-8-18(20)26/h1-12,21H,13-14H2,(H2,25,28)/t21-/m1/s1. The SMILES string of the molecule is NC(=O)[C@H]1CN(C(=O)COc2ccc(-c3ccccc3)cc2Cl)c2ccccc2O1. The fourth-order valence-corrected chi connectivity index (χ4v) is 3.50. The van der Waals surface area contributed by atoms with Gasteiger partial charge in [-0.25, -0.2) is 0 Å². The van der Waals surface area contributed by atoms with Crippen molar-refractivity contribution in [1.82, 2.24) is 0 Å². The lowest BCUT2D eigenvalue weighted by Gasteiger charge is -2.33. The summed E-state index contributed by atoms with van der Waals surface area (Å²) in [4.78, 5) is 25.9. The van der Waals surface area contributed by atoms with Crippen LogP contribution < -0.4 is 20.1 Å². The van der Waals surface area contributed by atoms with Crippen LogP contribution in [0.15, 0.2) is 72.8 Å². The topological polar surface area (TPSA) is 81.9 Å². The smallest absolute Gasteiger partial charge is 0.265 e. The number of nitrogens with zero attached hydrogens (tertiary/aromatic N) is 1. The van der Waals surface area contributed by atoms with E-state index in [9.17, 15) is 9.59 Å². The highest BCUT2D eigenvalue weighted by molar-refractivity contribution is 6.32. The molecule has 3 aromatic rings. The zero-order valence-electron chi connectivity index (χ0n) is 16.0. The molecule has 2 amide bonds. The van der Waals surface area contributed by atoms with Gasteiger partial charge in [-0.1, -0.05) is 60.1 Å². The summed E-state index contributed by atoms with van der Waals surface area (Å²) in [7, 11) is 0. The van der Waals surface area contributed by atoms with Gasteiger partial charge in [0.1, 0.15) is 11.5 Å². The van der Waals surface area contributed by atoms with E-state index in [0.717, 1.165) is 11.1 Å². The van der Waals surface area contributed by atoms with E-state index in [1.165, 1.54) is 4.90 Å². The molecule has 30 heavy (non-hydrogen) atoms. The van der Waals surface area contributed by atoms with E-state index in [2.05, 4.69) is 0 Å². The minimum absolute atomic E-state index is 0.0230. The fraction of sp³-hybridized carbons (Fsp3) is 0.130. The fourth-order valence-electron chi connectivity index (χ4n) is 3.26. The maximum absolute atomic E-state index is 12.9. The van der Waals surface area contributed by atoms with Crippen LogP contribution in [0.1, 0.15) is 0 Å². The second-order valence-corrected chi connectivity index (χ2v) is 7.19. The third kappa shape index (κ3) is 4.09. The molecule has 0 bridgehead atoms. The summed E-state index contributed by atoms with van der Waals surface area (Å²) in [5.41, 5.74) is 7.93. The Hall–Kier alpha value is -3.51. The highest BCUT2D eigenvalue weighted by Gasteiger charge is 2.32. The summed E-state index contributed by atoms with van der Waals surface area (Å²) in [5.74, 6) is -0.146. The highest BCUT2D eigenvalue weighted by atomic mass is 35.5. The molecular weight excluding hydrogens is 404 g/mol. The van der Waals surface area contributed by atoms with E-state index in [-0.39, 0.29) is 19.1 Å². The maximum atomic E-state index is 12.9. The summed E-state index contributed by atoms with van der Waals surface area (Å²) in [6.07, 6.45) is -0.919. The molecule has 6 nitrogen and oxygen atoms in total. The molecule has 7 heteroatoms. The van der Waals surface area contributed by atoms with Crippen molar-refractivity contribution in [2.45, 2.75) is 6.10 Å². The summed E-state index contributed by atoms with van der Waals surface area (Å²) >= 11 is 6.36. The second-order valence-electron chi connectivity index (χ2n) is 6.78. The molecule has 0 fully saturated rings. The first-order chi connectivity index (χ1) is 14.5. The molecule has 1 heterocycles. The third-order valence-corrected chi connectivity index (χ3v) is 5.08. The molecule has 0 saturated heterocycles. The largest absolute Gasteiger partial charge is 0.482 e. The molecule has 0 aromatic heterocycles. The van der Waals surface area contributed by atoms with Crippen LogP contribution >= 0.6 is 11.6 Å². The number of carbonyl (C=O) groups is 2. The Labute approximate surface area is 178 Å². The van der Waals surface area contributed by atoms with Crippen molar-refractivity contribution in [2.75, 3.05) is 18.1 Å². The van der Waals surface area contributed by atoms with Gasteiger partial charge in [0.25, 0.3) is 11.8 Å². The number of ether oxygens (including phenoxy) is 2. The van der Waals surface area contributed by atoms with E-state index in [1.807, 2.05) is 36.4 Å². The molecular formula is C23H19ClN2O4. The number of anilines is 1. The van der Waals surface area contributed by atoms with Gasteiger partial charge in [0, 0.05) is 0 Å². The number of halogens is 1. The van der Waals surface area contributed by atoms with Gasteiger partial charge >= 0.3 is 0 Å². The third-order valence-electron chi connectivity index (χ3n) is 4.78. The van der Waals surface area contributed by atoms with Gasteiger partial charge in [-0.3, -0.25) is 9.59 Å². The van der Waals surface area contributed by atoms with Gasteiger partial charge in [-0.15, -0.1) is 0 Å². The van der Waals surface area contributed by atoms with E-state index in [1.54, 1.807) is 36.4 Å². The maximum Gasteiger partial charge on any atom is 0.265 e. The molecule has 0 spiro atoms. The summed E-state index contributed by atoms with van der Waals surface area (Å²) < 4.78 is 11.3. The zero-order chi connectivity index (χ0) is 21.1. The molecule has 1 aliphatic rings. The van der Waals surface area contributed by atoms with Crippen LogP contribution in [0.3, 0.4) is 0 Å². The highest BCUT2D eigenvalue weighted by Crippen LogP contribution is 2.34. The van der Waals surface area contributed by atoms with Gasteiger partial charge in [-0.2, -0.15) is 0 Å². The van der Waals surface area contributed by atoms with Gasteiger partial charge in [0.05, 0.1) is 17.3 Å². The van der Waals surface area contributed by atoms with E-state index in [4.69, 9.17) is 26.8 Å². The number of primary amides is 1. The van der Waals surface area contributed by atoms with Crippen molar-refractivity contribution in [2.24, 2.45) is 5.73 Å². The molecule has 0 radical (unpaired) electrons. The Morgan fingerprint density at radius 1 is 1.03 bits per heavy atom. The summed E-state index contributed by atoms with van der Waals surface area (Å²) in [6, 6.07) is 22.2. The van der Waals surface area contributed by atoms with Crippen molar-refractivity contribution in [3.8, 4) is 22.6 Å². The first-order valence-electron chi connectivity index (χ1n) is 9.36. The monoisotopic (exact) mass is 422 g/mol. The van der Waals surface area contributed by atoms with E-state index < -0.39 is 12.0 Å². The average Bonchev–Trinajstić information content (AvgIpc) is 2.77. The number of hydrogen-bond acceptors (Lipinski definition) is 4. The number of rotatable bonds is 5. The molecule has 4 rings (SSSR count). The quantitative estimate of drug-likeness (QED) is 0.680. The molecule has 0 saturated carbocycles. The van der Waals surface area contributed by atoms with Crippen molar-refractivity contribution in [3.63, 3.8) is 0 Å². The van der Waals surface area contributed by atoms with Crippen LogP contribution in [0.5, 0.6) is 11.5 Å². The molecule has 3 aromatic carbocycles. The Morgan fingerprint density at radius 3 is 2.50 bits per heavy atom. The Balaban J connectivity index is 1.49. The Bertz CT molecular complexity index is 1090. The Kier molecular flexibility index (Phi) is 5.59. The summed E-state index contributed by atoms with van der Waals surface area (Å²) in [5, 5.41) is 0.404. The van der Waals surface area contributed by atoms with Crippen LogP contribution in [0, 0.1) is 0 Å². The van der Waals surface area contributed by atoms with Crippen LogP contribution in [-0.4, -0.2) is 31.1 Å². The number of hydrogen-bond donors (Lipinski definition) is 1. The van der Waals surface area contributed by atoms with Crippen molar-refractivity contribution >= 4 is 29.1 Å². The van der Waals surface area contributed by atoms with Gasteiger partial charge in [0.15, 0.2) is 12.7 Å². The van der Waals surface area contributed by atoms with Crippen LogP contribution in [-0.2, 0) is 9.59 Å². The molecule has 1 atom stereocenters. The van der Waals surface area contributed by atoms with Gasteiger partial charge in [-0.05, 0) is 35.4 Å². The second kappa shape index (κ2) is 8.47. The minimum Gasteiger partial charge on any atom is -0.482 e. The van der Waals surface area contributed by atoms with Crippen LogP contribution in [0.25, 0.3) is 11.1 Å². The lowest BCUT2D eigenvalue weighted by atomic mass is 10.1.